The van der Waals surface area contributed by atoms with E-state index in [-0.39, 0.29) is 11.0 Å². The molecule has 1 aromatic carbocycles. The van der Waals surface area contributed by atoms with Gasteiger partial charge in [-0.2, -0.15) is 0 Å². The Morgan fingerprint density at radius 2 is 2.31 bits per heavy atom. The van der Waals surface area contributed by atoms with E-state index >= 15 is 0 Å². The highest BCUT2D eigenvalue weighted by Gasteiger charge is 2.25. The summed E-state index contributed by atoms with van der Waals surface area (Å²) in [6.07, 6.45) is 0.593. The SMILES string of the molecule is COc1ccc(B(O)[OH2+])c(C=O)c1. The van der Waals surface area contributed by atoms with Gasteiger partial charge in [0.25, 0.3) is 0 Å². The van der Waals surface area contributed by atoms with Crippen molar-refractivity contribution in [3.05, 3.63) is 23.8 Å². The first-order valence-electron chi connectivity index (χ1n) is 3.71. The summed E-state index contributed by atoms with van der Waals surface area (Å²) in [5.74, 6) is 0.534. The third kappa shape index (κ3) is 2.08. The molecule has 0 aliphatic carbocycles. The van der Waals surface area contributed by atoms with Crippen LogP contribution in [0.4, 0.5) is 0 Å². The van der Waals surface area contributed by atoms with E-state index in [2.05, 4.69) is 0 Å². The maximum atomic E-state index is 10.5. The summed E-state index contributed by atoms with van der Waals surface area (Å²) in [7, 11) is 0.104. The Bertz CT molecular complexity index is 311. The zero-order valence-corrected chi connectivity index (χ0v) is 7.15. The quantitative estimate of drug-likeness (QED) is 0.366. The number of hydrogen-bond donors (Lipinski definition) is 1. The molecule has 0 amide bonds. The van der Waals surface area contributed by atoms with Gasteiger partial charge in [-0.15, -0.1) is 0 Å². The van der Waals surface area contributed by atoms with Gasteiger partial charge in [0.2, 0.25) is 0 Å². The normalized spacial score (nSPS) is 9.46. The Morgan fingerprint density at radius 1 is 1.62 bits per heavy atom. The molecule has 0 saturated heterocycles. The third-order valence-electron chi connectivity index (χ3n) is 1.72. The van der Waals surface area contributed by atoms with Crippen molar-refractivity contribution in [3.8, 4) is 5.75 Å². The molecule has 5 heteroatoms. The number of hydrogen-bond acceptors (Lipinski definition) is 3. The number of methoxy groups -OCH3 is 1. The van der Waals surface area contributed by atoms with Gasteiger partial charge in [0, 0.05) is 5.56 Å². The number of aldehydes is 1. The molecule has 0 atom stereocenters. The molecular formula is C8H10BO4+. The van der Waals surface area contributed by atoms with E-state index in [0.29, 0.717) is 12.0 Å². The molecular weight excluding hydrogens is 171 g/mol. The zero-order valence-electron chi connectivity index (χ0n) is 7.15. The summed E-state index contributed by atoms with van der Waals surface area (Å²) >= 11 is 0. The minimum absolute atomic E-state index is 0.279. The van der Waals surface area contributed by atoms with Crippen LogP contribution >= 0.6 is 0 Å². The molecule has 1 aromatic rings. The van der Waals surface area contributed by atoms with E-state index in [1.54, 1.807) is 6.07 Å². The number of carbonyl (C=O) groups excluding carboxylic acids is 1. The van der Waals surface area contributed by atoms with Crippen molar-refractivity contribution in [1.82, 2.24) is 0 Å². The summed E-state index contributed by atoms with van der Waals surface area (Å²) in [4.78, 5) is 10.5. The van der Waals surface area contributed by atoms with Crippen molar-refractivity contribution in [2.75, 3.05) is 7.11 Å². The number of carbonyl (C=O) groups is 1. The molecule has 68 valence electrons. The molecule has 0 spiro atoms. The zero-order chi connectivity index (χ0) is 9.84. The highest BCUT2D eigenvalue weighted by Crippen LogP contribution is 2.09. The molecule has 4 nitrogen and oxygen atoms in total. The third-order valence-corrected chi connectivity index (χ3v) is 1.72. The monoisotopic (exact) mass is 181 g/mol. The number of benzene rings is 1. The predicted molar refractivity (Wildman–Crippen MR) is 49.6 cm³/mol. The van der Waals surface area contributed by atoms with Gasteiger partial charge in [0.05, 0.1) is 12.6 Å². The minimum Gasteiger partial charge on any atom is -0.522 e. The van der Waals surface area contributed by atoms with Gasteiger partial charge in [0.15, 0.2) is 0 Å². The molecule has 1 rings (SSSR count). The Labute approximate surface area is 75.9 Å². The van der Waals surface area contributed by atoms with Crippen LogP contribution in [-0.2, 0) is 0 Å². The van der Waals surface area contributed by atoms with Crippen molar-refractivity contribution in [1.29, 1.82) is 0 Å². The van der Waals surface area contributed by atoms with Crippen LogP contribution in [0.15, 0.2) is 18.2 Å². The molecule has 0 bridgehead atoms. The van der Waals surface area contributed by atoms with E-state index in [1.807, 2.05) is 0 Å². The lowest BCUT2D eigenvalue weighted by Crippen LogP contribution is -2.32. The summed E-state index contributed by atoms with van der Waals surface area (Å²) in [6, 6.07) is 4.58. The lowest BCUT2D eigenvalue weighted by atomic mass is 9.77. The summed E-state index contributed by atoms with van der Waals surface area (Å²) in [6.45, 7) is 0. The highest BCUT2D eigenvalue weighted by molar-refractivity contribution is 6.60. The minimum atomic E-state index is -1.38. The van der Waals surface area contributed by atoms with Gasteiger partial charge in [-0.05, 0) is 12.1 Å². The molecule has 0 aliphatic heterocycles. The number of rotatable bonds is 3. The Balaban J connectivity index is 3.15. The van der Waals surface area contributed by atoms with E-state index in [4.69, 9.17) is 14.8 Å². The second kappa shape index (κ2) is 4.07. The van der Waals surface area contributed by atoms with E-state index in [0.717, 1.165) is 0 Å². The fourth-order valence-electron chi connectivity index (χ4n) is 1.03. The van der Waals surface area contributed by atoms with Gasteiger partial charge >= 0.3 is 7.12 Å². The van der Waals surface area contributed by atoms with Gasteiger partial charge in [-0.1, -0.05) is 6.07 Å². The van der Waals surface area contributed by atoms with E-state index < -0.39 is 7.12 Å². The van der Waals surface area contributed by atoms with Crippen molar-refractivity contribution in [3.63, 3.8) is 0 Å². The van der Waals surface area contributed by atoms with Gasteiger partial charge in [-0.25, -0.2) is 0 Å². The van der Waals surface area contributed by atoms with Crippen molar-refractivity contribution < 1.29 is 19.6 Å². The topological polar surface area (TPSA) is 69.4 Å². The largest absolute Gasteiger partial charge is 0.728 e. The first kappa shape index (κ1) is 9.76. The highest BCUT2D eigenvalue weighted by atomic mass is 16.5. The standard InChI is InChI=1S/C8H9BO4/c1-13-7-2-3-8(9(11)12)6(4-7)5-10/h2-5,11-12H,1H3/p+1. The Kier molecular flexibility index (Phi) is 3.05. The fraction of sp³-hybridized carbons (Fsp3) is 0.125. The second-order valence-corrected chi connectivity index (χ2v) is 2.52. The van der Waals surface area contributed by atoms with Crippen LogP contribution in [0, 0.1) is 0 Å². The maximum absolute atomic E-state index is 10.5. The lowest BCUT2D eigenvalue weighted by molar-refractivity contribution is 0.112. The molecule has 3 N–H and O–H groups in total. The maximum Gasteiger partial charge on any atom is 0.728 e. The average Bonchev–Trinajstić information content (AvgIpc) is 2.16. The number of ether oxygens (including phenoxy) is 1. The van der Waals surface area contributed by atoms with Gasteiger partial charge < -0.3 is 14.8 Å². The molecule has 0 unspecified atom stereocenters. The van der Waals surface area contributed by atoms with E-state index in [1.165, 1.54) is 19.2 Å². The molecule has 0 heterocycles. The van der Waals surface area contributed by atoms with Crippen LogP contribution in [0.25, 0.3) is 0 Å². The molecule has 0 aliphatic rings. The van der Waals surface area contributed by atoms with Crippen LogP contribution in [-0.4, -0.2) is 30.6 Å². The first-order valence-corrected chi connectivity index (χ1v) is 3.71. The summed E-state index contributed by atoms with van der Waals surface area (Å²) in [5.41, 5.74) is 0.567. The lowest BCUT2D eigenvalue weighted by Gasteiger charge is -2.02. The average molecular weight is 181 g/mol. The van der Waals surface area contributed by atoms with Crippen LogP contribution in [0.1, 0.15) is 10.4 Å². The first-order chi connectivity index (χ1) is 6.19. The Hall–Kier alpha value is -1.33. The van der Waals surface area contributed by atoms with Crippen LogP contribution in [0.3, 0.4) is 0 Å². The smallest absolute Gasteiger partial charge is 0.522 e. The van der Waals surface area contributed by atoms with E-state index in [9.17, 15) is 4.79 Å². The predicted octanol–water partition coefficient (Wildman–Crippen LogP) is -1.08. The molecule has 0 saturated carbocycles. The van der Waals surface area contributed by atoms with Gasteiger partial charge in [0.1, 0.15) is 12.0 Å². The van der Waals surface area contributed by atoms with Crippen LogP contribution < -0.4 is 10.2 Å². The van der Waals surface area contributed by atoms with Crippen LogP contribution in [0.2, 0.25) is 0 Å². The molecule has 0 radical (unpaired) electrons. The van der Waals surface area contributed by atoms with Crippen molar-refractivity contribution in [2.24, 2.45) is 0 Å². The fourth-order valence-corrected chi connectivity index (χ4v) is 1.03. The van der Waals surface area contributed by atoms with Crippen molar-refractivity contribution >= 4 is 18.9 Å². The van der Waals surface area contributed by atoms with Crippen LogP contribution in [0.5, 0.6) is 5.75 Å². The molecule has 0 fully saturated rings. The van der Waals surface area contributed by atoms with Gasteiger partial charge in [-0.3, -0.25) is 4.79 Å². The van der Waals surface area contributed by atoms with Crippen molar-refractivity contribution in [2.45, 2.75) is 0 Å². The summed E-state index contributed by atoms with van der Waals surface area (Å²) in [5, 5.41) is 16.0. The Morgan fingerprint density at radius 3 is 2.77 bits per heavy atom. The summed E-state index contributed by atoms with van der Waals surface area (Å²) < 4.78 is 4.89. The second-order valence-electron chi connectivity index (χ2n) is 2.52. The molecule has 0 aromatic heterocycles. The molecule has 13 heavy (non-hydrogen) atoms.